The molecule has 1 atom stereocenters. The average molecular weight is 257 g/mol. The van der Waals surface area contributed by atoms with Crippen molar-refractivity contribution in [2.24, 2.45) is 17.4 Å². The highest BCUT2D eigenvalue weighted by Crippen LogP contribution is 2.20. The van der Waals surface area contributed by atoms with Crippen LogP contribution >= 0.6 is 0 Å². The molecule has 0 radical (unpaired) electrons. The van der Waals surface area contributed by atoms with Gasteiger partial charge in [0.1, 0.15) is 0 Å². The number of carboxylic acids is 1. The third-order valence-corrected chi connectivity index (χ3v) is 3.13. The molecule has 1 fully saturated rings. The number of rotatable bonds is 5. The summed E-state index contributed by atoms with van der Waals surface area (Å²) in [5.41, 5.74) is 10.6. The molecular weight excluding hydrogens is 238 g/mol. The molecule has 18 heavy (non-hydrogen) atoms. The van der Waals surface area contributed by atoms with E-state index in [-0.39, 0.29) is 24.7 Å². The molecule has 0 aliphatic carbocycles. The summed E-state index contributed by atoms with van der Waals surface area (Å²) in [5.74, 6) is -1.59. The van der Waals surface area contributed by atoms with Gasteiger partial charge in [0.15, 0.2) is 0 Å². The maximum absolute atomic E-state index is 11.8. The zero-order chi connectivity index (χ0) is 13.7. The highest BCUT2D eigenvalue weighted by atomic mass is 16.4. The fourth-order valence-electron chi connectivity index (χ4n) is 2.14. The van der Waals surface area contributed by atoms with Crippen LogP contribution in [0.2, 0.25) is 0 Å². The van der Waals surface area contributed by atoms with Gasteiger partial charge < -0.3 is 21.5 Å². The molecule has 1 unspecified atom stereocenters. The first-order valence-corrected chi connectivity index (χ1v) is 5.94. The van der Waals surface area contributed by atoms with Crippen molar-refractivity contribution in [3.8, 4) is 0 Å². The molecule has 102 valence electrons. The van der Waals surface area contributed by atoms with E-state index in [1.54, 1.807) is 4.90 Å². The molecule has 0 spiro atoms. The largest absolute Gasteiger partial charge is 0.481 e. The summed E-state index contributed by atoms with van der Waals surface area (Å²) in [4.78, 5) is 34.7. The molecule has 1 rings (SSSR count). The van der Waals surface area contributed by atoms with E-state index in [1.165, 1.54) is 0 Å². The van der Waals surface area contributed by atoms with Crippen LogP contribution in [-0.2, 0) is 14.4 Å². The van der Waals surface area contributed by atoms with Crippen LogP contribution < -0.4 is 11.5 Å². The molecule has 2 amide bonds. The van der Waals surface area contributed by atoms with E-state index in [0.717, 1.165) is 0 Å². The average Bonchev–Trinajstić information content (AvgIpc) is 2.27. The zero-order valence-electron chi connectivity index (χ0n) is 10.2. The predicted molar refractivity (Wildman–Crippen MR) is 63.3 cm³/mol. The summed E-state index contributed by atoms with van der Waals surface area (Å²) < 4.78 is 0. The minimum atomic E-state index is -0.890. The normalized spacial score (nSPS) is 18.4. The molecular formula is C11H19N3O4. The van der Waals surface area contributed by atoms with E-state index in [0.29, 0.717) is 25.9 Å². The molecule has 7 nitrogen and oxygen atoms in total. The summed E-state index contributed by atoms with van der Waals surface area (Å²) in [6, 6.07) is -0.890. The first kappa shape index (κ1) is 14.4. The summed E-state index contributed by atoms with van der Waals surface area (Å²) in [5, 5.41) is 8.68. The van der Waals surface area contributed by atoms with Crippen molar-refractivity contribution in [3.05, 3.63) is 0 Å². The SMILES string of the molecule is NC(=O)CC(N)C(=O)N1CCC(CC(=O)O)CC1. The third-order valence-electron chi connectivity index (χ3n) is 3.13. The molecule has 0 aromatic carbocycles. The van der Waals surface area contributed by atoms with Crippen LogP contribution in [0.5, 0.6) is 0 Å². The molecule has 0 aromatic rings. The van der Waals surface area contributed by atoms with Gasteiger partial charge in [0.25, 0.3) is 0 Å². The van der Waals surface area contributed by atoms with Gasteiger partial charge in [-0.2, -0.15) is 0 Å². The molecule has 0 bridgehead atoms. The van der Waals surface area contributed by atoms with Gasteiger partial charge in [0.2, 0.25) is 11.8 Å². The molecule has 1 aliphatic heterocycles. The van der Waals surface area contributed by atoms with Crippen LogP contribution in [0.3, 0.4) is 0 Å². The third kappa shape index (κ3) is 4.33. The van der Waals surface area contributed by atoms with Gasteiger partial charge in [-0.1, -0.05) is 0 Å². The molecule has 7 heteroatoms. The standard InChI is InChI=1S/C11H19N3O4/c12-8(6-9(13)15)11(18)14-3-1-7(2-4-14)5-10(16)17/h7-8H,1-6,12H2,(H2,13,15)(H,16,17). The van der Waals surface area contributed by atoms with E-state index in [4.69, 9.17) is 16.6 Å². The Morgan fingerprint density at radius 1 is 1.28 bits per heavy atom. The van der Waals surface area contributed by atoms with Crippen LogP contribution in [-0.4, -0.2) is 46.9 Å². The van der Waals surface area contributed by atoms with Crippen molar-refractivity contribution < 1.29 is 19.5 Å². The lowest BCUT2D eigenvalue weighted by atomic mass is 9.93. The zero-order valence-corrected chi connectivity index (χ0v) is 10.2. The van der Waals surface area contributed by atoms with Gasteiger partial charge in [-0.05, 0) is 18.8 Å². The van der Waals surface area contributed by atoms with Gasteiger partial charge in [-0.25, -0.2) is 0 Å². The Morgan fingerprint density at radius 2 is 1.83 bits per heavy atom. The van der Waals surface area contributed by atoms with Crippen molar-refractivity contribution in [2.45, 2.75) is 31.7 Å². The van der Waals surface area contributed by atoms with E-state index < -0.39 is 17.9 Å². The number of carbonyl (C=O) groups excluding carboxylic acids is 2. The highest BCUT2D eigenvalue weighted by molar-refractivity contribution is 5.87. The van der Waals surface area contributed by atoms with Crippen LogP contribution in [0.15, 0.2) is 0 Å². The van der Waals surface area contributed by atoms with Gasteiger partial charge in [-0.15, -0.1) is 0 Å². The molecule has 1 saturated heterocycles. The van der Waals surface area contributed by atoms with Crippen LogP contribution in [0.25, 0.3) is 0 Å². The topological polar surface area (TPSA) is 127 Å². The number of primary amides is 1. The minimum absolute atomic E-state index is 0.110. The van der Waals surface area contributed by atoms with Crippen LogP contribution in [0, 0.1) is 5.92 Å². The second-order valence-electron chi connectivity index (χ2n) is 4.64. The number of carboxylic acid groups (broad SMARTS) is 1. The Morgan fingerprint density at radius 3 is 2.28 bits per heavy atom. The quantitative estimate of drug-likeness (QED) is 0.576. The highest BCUT2D eigenvalue weighted by Gasteiger charge is 2.27. The van der Waals surface area contributed by atoms with Crippen molar-refractivity contribution >= 4 is 17.8 Å². The number of piperidine rings is 1. The molecule has 0 aromatic heterocycles. The monoisotopic (exact) mass is 257 g/mol. The molecule has 1 heterocycles. The predicted octanol–water partition coefficient (Wildman–Crippen LogP) is -1.10. The summed E-state index contributed by atoms with van der Waals surface area (Å²) >= 11 is 0. The van der Waals surface area contributed by atoms with Crippen LogP contribution in [0.4, 0.5) is 0 Å². The summed E-state index contributed by atoms with van der Waals surface area (Å²) in [6.45, 7) is 0.979. The Labute approximate surface area is 105 Å². The van der Waals surface area contributed by atoms with Gasteiger partial charge in [0, 0.05) is 19.5 Å². The van der Waals surface area contributed by atoms with Crippen molar-refractivity contribution in [1.29, 1.82) is 0 Å². The number of carbonyl (C=O) groups is 3. The van der Waals surface area contributed by atoms with Gasteiger partial charge >= 0.3 is 5.97 Å². The fraction of sp³-hybridized carbons (Fsp3) is 0.727. The minimum Gasteiger partial charge on any atom is -0.481 e. The Bertz CT molecular complexity index is 337. The smallest absolute Gasteiger partial charge is 0.303 e. The number of nitrogens with two attached hydrogens (primary N) is 2. The molecule has 5 N–H and O–H groups in total. The summed E-state index contributed by atoms with van der Waals surface area (Å²) in [7, 11) is 0. The van der Waals surface area contributed by atoms with E-state index >= 15 is 0 Å². The Kier molecular flexibility index (Phi) is 5.08. The van der Waals surface area contributed by atoms with E-state index in [9.17, 15) is 14.4 Å². The number of likely N-dealkylation sites (tertiary alicyclic amines) is 1. The van der Waals surface area contributed by atoms with Crippen molar-refractivity contribution in [1.82, 2.24) is 4.90 Å². The number of nitrogens with zero attached hydrogens (tertiary/aromatic N) is 1. The van der Waals surface area contributed by atoms with E-state index in [2.05, 4.69) is 0 Å². The van der Waals surface area contributed by atoms with E-state index in [1.807, 2.05) is 0 Å². The van der Waals surface area contributed by atoms with Crippen LogP contribution in [0.1, 0.15) is 25.7 Å². The molecule has 0 saturated carbocycles. The maximum atomic E-state index is 11.8. The Hall–Kier alpha value is -1.63. The Balaban J connectivity index is 2.40. The number of hydrogen-bond donors (Lipinski definition) is 3. The second kappa shape index (κ2) is 6.34. The number of hydrogen-bond acceptors (Lipinski definition) is 4. The first-order chi connectivity index (χ1) is 8.40. The lowest BCUT2D eigenvalue weighted by Crippen LogP contribution is -2.48. The second-order valence-corrected chi connectivity index (χ2v) is 4.64. The number of aliphatic carboxylic acids is 1. The number of amides is 2. The van der Waals surface area contributed by atoms with Gasteiger partial charge in [-0.3, -0.25) is 14.4 Å². The van der Waals surface area contributed by atoms with Crippen molar-refractivity contribution in [3.63, 3.8) is 0 Å². The summed E-state index contributed by atoms with van der Waals surface area (Å²) in [6.07, 6.45) is 1.28. The lowest BCUT2D eigenvalue weighted by Gasteiger charge is -2.32. The lowest BCUT2D eigenvalue weighted by molar-refractivity contribution is -0.139. The maximum Gasteiger partial charge on any atom is 0.303 e. The first-order valence-electron chi connectivity index (χ1n) is 5.94. The van der Waals surface area contributed by atoms with Crippen molar-refractivity contribution in [2.75, 3.05) is 13.1 Å². The fourth-order valence-corrected chi connectivity index (χ4v) is 2.14. The molecule has 1 aliphatic rings. The van der Waals surface area contributed by atoms with Gasteiger partial charge in [0.05, 0.1) is 12.5 Å².